The second kappa shape index (κ2) is 8.67. The van der Waals surface area contributed by atoms with Gasteiger partial charge in [-0.2, -0.15) is 0 Å². The number of hydrogen-bond donors (Lipinski definition) is 0. The van der Waals surface area contributed by atoms with Gasteiger partial charge in [-0.3, -0.25) is 4.79 Å². The first-order chi connectivity index (χ1) is 14.0. The van der Waals surface area contributed by atoms with E-state index in [4.69, 9.17) is 4.42 Å². The van der Waals surface area contributed by atoms with Gasteiger partial charge in [0, 0.05) is 12.6 Å². The predicted molar refractivity (Wildman–Crippen MR) is 115 cm³/mol. The van der Waals surface area contributed by atoms with Gasteiger partial charge in [-0.25, -0.2) is 4.98 Å². The monoisotopic (exact) mass is 428 g/mol. The quantitative estimate of drug-likeness (QED) is 0.483. The number of aromatic nitrogens is 3. The zero-order chi connectivity index (χ0) is 20.4. The largest absolute Gasteiger partial charge is 0.410 e. The highest BCUT2D eigenvalue weighted by Crippen LogP contribution is 2.36. The molecule has 8 heteroatoms. The molecule has 6 nitrogen and oxygen atoms in total. The molecular formula is C21H24N4O2S2. The summed E-state index contributed by atoms with van der Waals surface area (Å²) in [6.07, 6.45) is 2.40. The summed E-state index contributed by atoms with van der Waals surface area (Å²) < 4.78 is 5.77. The lowest BCUT2D eigenvalue weighted by atomic mass is 10.1. The Kier molecular flexibility index (Phi) is 6.01. The van der Waals surface area contributed by atoms with E-state index < -0.39 is 0 Å². The minimum Gasteiger partial charge on any atom is -0.410 e. The highest BCUT2D eigenvalue weighted by molar-refractivity contribution is 7.99. The van der Waals surface area contributed by atoms with Gasteiger partial charge in [-0.1, -0.05) is 42.1 Å². The van der Waals surface area contributed by atoms with Gasteiger partial charge in [0.2, 0.25) is 5.91 Å². The Morgan fingerprint density at radius 1 is 1.28 bits per heavy atom. The molecular weight excluding hydrogens is 404 g/mol. The van der Waals surface area contributed by atoms with Crippen LogP contribution in [-0.2, 0) is 11.3 Å². The molecule has 1 aromatic carbocycles. The number of thioether (sulfide) groups is 1. The molecule has 1 amide bonds. The van der Waals surface area contributed by atoms with Crippen molar-refractivity contribution >= 4 is 29.0 Å². The number of hydrogen-bond acceptors (Lipinski definition) is 7. The first-order valence-corrected chi connectivity index (χ1v) is 11.6. The van der Waals surface area contributed by atoms with E-state index in [9.17, 15) is 4.79 Å². The van der Waals surface area contributed by atoms with Crippen LogP contribution < -0.4 is 0 Å². The van der Waals surface area contributed by atoms with Crippen LogP contribution in [0.15, 0.2) is 40.0 Å². The molecule has 0 aliphatic heterocycles. The van der Waals surface area contributed by atoms with E-state index in [1.54, 1.807) is 0 Å². The van der Waals surface area contributed by atoms with Crippen LogP contribution in [0.5, 0.6) is 0 Å². The Balaban J connectivity index is 1.42. The summed E-state index contributed by atoms with van der Waals surface area (Å²) in [6, 6.07) is 10.4. The van der Waals surface area contributed by atoms with Crippen molar-refractivity contribution in [3.8, 4) is 10.8 Å². The standard InChI is InChI=1S/C21H24N4O2S2/c1-13-19(29-15(3)22-13)20-23-24-21(27-20)28-12-18(26)25(14(2)17-9-10-17)11-16-7-5-4-6-8-16/h4-8,14,17H,9-12H2,1-3H3. The van der Waals surface area contributed by atoms with Gasteiger partial charge in [0.05, 0.1) is 16.5 Å². The number of carbonyl (C=O) groups excluding carboxylic acids is 1. The summed E-state index contributed by atoms with van der Waals surface area (Å²) in [4.78, 5) is 20.3. The summed E-state index contributed by atoms with van der Waals surface area (Å²) in [7, 11) is 0. The molecule has 1 aliphatic carbocycles. The average Bonchev–Trinajstić information content (AvgIpc) is 3.37. The third kappa shape index (κ3) is 4.87. The van der Waals surface area contributed by atoms with Crippen LogP contribution in [0.1, 0.15) is 36.0 Å². The molecule has 3 aromatic rings. The van der Waals surface area contributed by atoms with E-state index >= 15 is 0 Å². The number of benzene rings is 1. The van der Waals surface area contributed by atoms with Crippen LogP contribution in [-0.4, -0.2) is 37.8 Å². The van der Waals surface area contributed by atoms with E-state index in [-0.39, 0.29) is 17.7 Å². The van der Waals surface area contributed by atoms with Crippen LogP contribution in [0.4, 0.5) is 0 Å². The zero-order valence-corrected chi connectivity index (χ0v) is 18.4. The molecule has 1 atom stereocenters. The Morgan fingerprint density at radius 2 is 2.03 bits per heavy atom. The minimum absolute atomic E-state index is 0.0998. The van der Waals surface area contributed by atoms with Gasteiger partial charge in [0.15, 0.2) is 0 Å². The first kappa shape index (κ1) is 20.1. The molecule has 1 unspecified atom stereocenters. The number of amides is 1. The van der Waals surface area contributed by atoms with Gasteiger partial charge < -0.3 is 9.32 Å². The minimum atomic E-state index is 0.0998. The third-order valence-electron chi connectivity index (χ3n) is 5.14. The second-order valence-electron chi connectivity index (χ2n) is 7.39. The Morgan fingerprint density at radius 3 is 2.69 bits per heavy atom. The van der Waals surface area contributed by atoms with Crippen molar-refractivity contribution in [3.05, 3.63) is 46.6 Å². The number of carbonyl (C=O) groups is 1. The van der Waals surface area contributed by atoms with Gasteiger partial charge >= 0.3 is 0 Å². The lowest BCUT2D eigenvalue weighted by Crippen LogP contribution is -2.40. The lowest BCUT2D eigenvalue weighted by molar-refractivity contribution is -0.131. The number of nitrogens with zero attached hydrogens (tertiary/aromatic N) is 4. The average molecular weight is 429 g/mol. The Bertz CT molecular complexity index is 982. The molecule has 0 N–H and O–H groups in total. The van der Waals surface area contributed by atoms with Crippen LogP contribution in [0, 0.1) is 19.8 Å². The molecule has 152 valence electrons. The van der Waals surface area contributed by atoms with Crippen molar-refractivity contribution in [2.24, 2.45) is 5.92 Å². The molecule has 1 fully saturated rings. The summed E-state index contributed by atoms with van der Waals surface area (Å²) in [5, 5.41) is 9.62. The fourth-order valence-electron chi connectivity index (χ4n) is 3.37. The maximum Gasteiger partial charge on any atom is 0.277 e. The van der Waals surface area contributed by atoms with E-state index in [1.165, 1.54) is 35.9 Å². The van der Waals surface area contributed by atoms with Crippen molar-refractivity contribution in [2.75, 3.05) is 5.75 Å². The number of rotatable bonds is 8. The van der Waals surface area contributed by atoms with Crippen molar-refractivity contribution in [1.82, 2.24) is 20.1 Å². The number of thiazole rings is 1. The lowest BCUT2D eigenvalue weighted by Gasteiger charge is -2.29. The van der Waals surface area contributed by atoms with E-state index in [0.717, 1.165) is 21.1 Å². The second-order valence-corrected chi connectivity index (χ2v) is 9.52. The summed E-state index contributed by atoms with van der Waals surface area (Å²) in [5.41, 5.74) is 2.03. The van der Waals surface area contributed by atoms with Crippen molar-refractivity contribution < 1.29 is 9.21 Å². The van der Waals surface area contributed by atoms with Crippen LogP contribution in [0.25, 0.3) is 10.8 Å². The fraction of sp³-hybridized carbons (Fsp3) is 0.429. The highest BCUT2D eigenvalue weighted by Gasteiger charge is 2.34. The van der Waals surface area contributed by atoms with Crippen LogP contribution in [0.3, 0.4) is 0 Å². The summed E-state index contributed by atoms with van der Waals surface area (Å²) in [6.45, 7) is 6.67. The van der Waals surface area contributed by atoms with E-state index in [0.29, 0.717) is 23.6 Å². The van der Waals surface area contributed by atoms with Crippen molar-refractivity contribution in [3.63, 3.8) is 0 Å². The molecule has 4 rings (SSSR count). The smallest absolute Gasteiger partial charge is 0.277 e. The topological polar surface area (TPSA) is 72.1 Å². The Hall–Kier alpha value is -2.19. The zero-order valence-electron chi connectivity index (χ0n) is 16.8. The molecule has 1 saturated carbocycles. The molecule has 0 bridgehead atoms. The molecule has 0 saturated heterocycles. The van der Waals surface area contributed by atoms with Crippen molar-refractivity contribution in [2.45, 2.75) is 51.4 Å². The Labute approximate surface area is 178 Å². The predicted octanol–water partition coefficient (Wildman–Crippen LogP) is 4.73. The van der Waals surface area contributed by atoms with Gasteiger partial charge in [0.25, 0.3) is 11.1 Å². The van der Waals surface area contributed by atoms with Gasteiger partial charge in [-0.05, 0) is 45.1 Å². The molecule has 2 aromatic heterocycles. The van der Waals surface area contributed by atoms with Gasteiger partial charge in [0.1, 0.15) is 4.88 Å². The maximum absolute atomic E-state index is 13.0. The highest BCUT2D eigenvalue weighted by atomic mass is 32.2. The molecule has 2 heterocycles. The van der Waals surface area contributed by atoms with E-state index in [1.807, 2.05) is 36.9 Å². The third-order valence-corrected chi connectivity index (χ3v) is 7.00. The summed E-state index contributed by atoms with van der Waals surface area (Å²) >= 11 is 2.83. The van der Waals surface area contributed by atoms with Crippen LogP contribution in [0.2, 0.25) is 0 Å². The van der Waals surface area contributed by atoms with Crippen molar-refractivity contribution in [1.29, 1.82) is 0 Å². The van der Waals surface area contributed by atoms with Gasteiger partial charge in [-0.15, -0.1) is 21.5 Å². The van der Waals surface area contributed by atoms with Crippen LogP contribution >= 0.6 is 23.1 Å². The number of aryl methyl sites for hydroxylation is 2. The normalized spacial score (nSPS) is 14.7. The summed E-state index contributed by atoms with van der Waals surface area (Å²) in [5.74, 6) is 1.46. The maximum atomic E-state index is 13.0. The van der Waals surface area contributed by atoms with E-state index in [2.05, 4.69) is 34.2 Å². The molecule has 0 radical (unpaired) electrons. The molecule has 1 aliphatic rings. The fourth-order valence-corrected chi connectivity index (χ4v) is 4.86. The molecule has 0 spiro atoms. The SMILES string of the molecule is Cc1nc(C)c(-c2nnc(SCC(=O)N(Cc3ccccc3)C(C)C3CC3)o2)s1. The molecule has 29 heavy (non-hydrogen) atoms. The first-order valence-electron chi connectivity index (χ1n) is 9.75.